The van der Waals surface area contributed by atoms with Crippen LogP contribution < -0.4 is 4.90 Å². The van der Waals surface area contributed by atoms with Gasteiger partial charge in [0.15, 0.2) is 0 Å². The molecule has 2 aliphatic heterocycles. The number of likely N-dealkylation sites (tertiary alicyclic amines) is 1. The van der Waals surface area contributed by atoms with Crippen molar-refractivity contribution in [2.24, 2.45) is 5.92 Å². The first-order valence-corrected chi connectivity index (χ1v) is 11.7. The van der Waals surface area contributed by atoms with Crippen LogP contribution in [0.4, 0.5) is 5.69 Å². The maximum Gasteiger partial charge on any atom is 0.230 e. The molecule has 2 aliphatic rings. The third-order valence-corrected chi connectivity index (χ3v) is 6.78. The van der Waals surface area contributed by atoms with E-state index >= 15 is 0 Å². The third kappa shape index (κ3) is 4.61. The number of aromatic nitrogens is 2. The molecular weight excluding hydrogens is 463 g/mol. The van der Waals surface area contributed by atoms with Crippen molar-refractivity contribution in [1.82, 2.24) is 15.0 Å². The van der Waals surface area contributed by atoms with Crippen LogP contribution in [0.5, 0.6) is 0 Å². The van der Waals surface area contributed by atoms with E-state index < -0.39 is 0 Å². The number of carbonyl (C=O) groups excluding carboxylic acids is 2. The van der Waals surface area contributed by atoms with E-state index in [2.05, 4.69) is 10.1 Å². The molecule has 3 aromatic rings. The Bertz CT molecular complexity index is 1170. The number of benzene rings is 2. The lowest BCUT2D eigenvalue weighted by Gasteiger charge is -2.32. The van der Waals surface area contributed by atoms with Gasteiger partial charge in [0.1, 0.15) is 0 Å². The zero-order valence-corrected chi connectivity index (χ0v) is 19.3. The fourth-order valence-corrected chi connectivity index (χ4v) is 4.80. The van der Waals surface area contributed by atoms with Crippen molar-refractivity contribution in [3.63, 3.8) is 0 Å². The molecule has 1 unspecified atom stereocenters. The van der Waals surface area contributed by atoms with E-state index in [0.29, 0.717) is 41.4 Å². The summed E-state index contributed by atoms with van der Waals surface area (Å²) in [4.78, 5) is 33.7. The molecular formula is C24H22Cl2N4O3. The Balaban J connectivity index is 1.19. The second-order valence-corrected chi connectivity index (χ2v) is 9.32. The van der Waals surface area contributed by atoms with E-state index in [1.54, 1.807) is 35.2 Å². The summed E-state index contributed by atoms with van der Waals surface area (Å²) >= 11 is 12.0. The van der Waals surface area contributed by atoms with Crippen molar-refractivity contribution in [2.45, 2.75) is 25.2 Å². The number of nitrogens with zero attached hydrogens (tertiary/aromatic N) is 4. The van der Waals surface area contributed by atoms with Gasteiger partial charge in [-0.2, -0.15) is 4.98 Å². The van der Waals surface area contributed by atoms with Gasteiger partial charge in [-0.05, 0) is 55.3 Å². The minimum atomic E-state index is -0.340. The first-order chi connectivity index (χ1) is 16.0. The Kier molecular flexibility index (Phi) is 6.08. The number of hydrogen-bond donors (Lipinski definition) is 0. The predicted molar refractivity (Wildman–Crippen MR) is 125 cm³/mol. The molecule has 9 heteroatoms. The molecule has 0 bridgehead atoms. The van der Waals surface area contributed by atoms with Crippen molar-refractivity contribution in [1.29, 1.82) is 0 Å². The zero-order chi connectivity index (χ0) is 22.9. The maximum absolute atomic E-state index is 13.1. The monoisotopic (exact) mass is 484 g/mol. The highest BCUT2D eigenvalue weighted by Crippen LogP contribution is 2.32. The summed E-state index contributed by atoms with van der Waals surface area (Å²) in [7, 11) is 0. The van der Waals surface area contributed by atoms with Crippen LogP contribution in [0.2, 0.25) is 10.0 Å². The van der Waals surface area contributed by atoms with Gasteiger partial charge in [-0.1, -0.05) is 34.4 Å². The van der Waals surface area contributed by atoms with Gasteiger partial charge >= 0.3 is 0 Å². The molecule has 0 spiro atoms. The van der Waals surface area contributed by atoms with E-state index in [0.717, 1.165) is 24.1 Å². The lowest BCUT2D eigenvalue weighted by atomic mass is 9.95. The Morgan fingerprint density at radius 3 is 2.52 bits per heavy atom. The first kappa shape index (κ1) is 21.9. The summed E-state index contributed by atoms with van der Waals surface area (Å²) in [5, 5.41) is 5.32. The second kappa shape index (κ2) is 9.15. The van der Waals surface area contributed by atoms with E-state index in [9.17, 15) is 9.59 Å². The van der Waals surface area contributed by atoms with E-state index in [1.165, 1.54) is 0 Å². The highest BCUT2D eigenvalue weighted by atomic mass is 35.5. The van der Waals surface area contributed by atoms with Crippen LogP contribution in [0.15, 0.2) is 53.1 Å². The lowest BCUT2D eigenvalue weighted by molar-refractivity contribution is -0.136. The third-order valence-electron chi connectivity index (χ3n) is 6.29. The molecule has 1 atom stereocenters. The van der Waals surface area contributed by atoms with Gasteiger partial charge in [0.05, 0.1) is 5.92 Å². The molecule has 7 nitrogen and oxygen atoms in total. The average molecular weight is 485 g/mol. The molecule has 2 saturated heterocycles. The maximum atomic E-state index is 13.1. The summed E-state index contributed by atoms with van der Waals surface area (Å²) in [5.74, 6) is 0.870. The van der Waals surface area contributed by atoms with E-state index in [1.807, 2.05) is 23.1 Å². The summed E-state index contributed by atoms with van der Waals surface area (Å²) in [6, 6.07) is 14.4. The molecule has 0 radical (unpaired) electrons. The molecule has 3 heterocycles. The van der Waals surface area contributed by atoms with Crippen LogP contribution in [-0.4, -0.2) is 46.5 Å². The number of anilines is 1. The highest BCUT2D eigenvalue weighted by Gasteiger charge is 2.38. The summed E-state index contributed by atoms with van der Waals surface area (Å²) < 4.78 is 5.51. The minimum absolute atomic E-state index is 0.0266. The Morgan fingerprint density at radius 1 is 1.03 bits per heavy atom. The van der Waals surface area contributed by atoms with E-state index in [4.69, 9.17) is 27.7 Å². The molecule has 33 heavy (non-hydrogen) atoms. The number of piperidine rings is 1. The molecule has 2 amide bonds. The van der Waals surface area contributed by atoms with Gasteiger partial charge in [-0.15, -0.1) is 0 Å². The second-order valence-electron chi connectivity index (χ2n) is 8.45. The van der Waals surface area contributed by atoms with Gasteiger partial charge in [0.2, 0.25) is 23.5 Å². The number of rotatable bonds is 4. The van der Waals surface area contributed by atoms with E-state index in [-0.39, 0.29) is 30.1 Å². The number of hydrogen-bond acceptors (Lipinski definition) is 5. The van der Waals surface area contributed by atoms with Crippen LogP contribution >= 0.6 is 23.2 Å². The van der Waals surface area contributed by atoms with Crippen molar-refractivity contribution < 1.29 is 14.1 Å². The summed E-state index contributed by atoms with van der Waals surface area (Å²) in [6.45, 7) is 1.58. The van der Waals surface area contributed by atoms with Crippen LogP contribution in [-0.2, 0) is 9.59 Å². The highest BCUT2D eigenvalue weighted by molar-refractivity contribution is 6.31. The fourth-order valence-electron chi connectivity index (χ4n) is 4.49. The molecule has 2 fully saturated rings. The number of halogens is 2. The quantitative estimate of drug-likeness (QED) is 0.531. The zero-order valence-electron chi connectivity index (χ0n) is 17.8. The molecule has 170 valence electrons. The Hall–Kier alpha value is -2.90. The Morgan fingerprint density at radius 2 is 1.79 bits per heavy atom. The standard InChI is InChI=1S/C24H22Cl2N4O3/c25-18-6-4-15(5-7-18)22-27-23(33-28-22)16-8-10-29(11-9-16)24(32)17-12-21(31)30(14-17)20-3-1-2-19(26)13-20/h1-7,13,16-17H,8-12,14H2. The topological polar surface area (TPSA) is 79.5 Å². The van der Waals surface area contributed by atoms with Crippen LogP contribution in [0.1, 0.15) is 31.1 Å². The van der Waals surface area contributed by atoms with Crippen molar-refractivity contribution >= 4 is 40.7 Å². The van der Waals surface area contributed by atoms with Crippen LogP contribution in [0.3, 0.4) is 0 Å². The lowest BCUT2D eigenvalue weighted by Crippen LogP contribution is -2.42. The first-order valence-electron chi connectivity index (χ1n) is 10.9. The predicted octanol–water partition coefficient (Wildman–Crippen LogP) is 4.80. The normalized spacial score (nSPS) is 19.3. The summed E-state index contributed by atoms with van der Waals surface area (Å²) in [5.41, 5.74) is 1.58. The van der Waals surface area contributed by atoms with Gasteiger partial charge in [0.25, 0.3) is 0 Å². The molecule has 0 aliphatic carbocycles. The molecule has 5 rings (SSSR count). The molecule has 0 saturated carbocycles. The number of amides is 2. The van der Waals surface area contributed by atoms with Crippen molar-refractivity contribution in [3.8, 4) is 11.4 Å². The molecule has 1 aromatic heterocycles. The minimum Gasteiger partial charge on any atom is -0.342 e. The van der Waals surface area contributed by atoms with Gasteiger partial charge in [0, 0.05) is 53.3 Å². The molecule has 2 aromatic carbocycles. The van der Waals surface area contributed by atoms with Crippen LogP contribution in [0, 0.1) is 5.92 Å². The smallest absolute Gasteiger partial charge is 0.230 e. The largest absolute Gasteiger partial charge is 0.342 e. The van der Waals surface area contributed by atoms with Gasteiger partial charge in [-0.3, -0.25) is 9.59 Å². The Labute approximate surface area is 201 Å². The van der Waals surface area contributed by atoms with Crippen molar-refractivity contribution in [3.05, 3.63) is 64.5 Å². The average Bonchev–Trinajstić information content (AvgIpc) is 3.47. The SMILES string of the molecule is O=C(C1CC(=O)N(c2cccc(Cl)c2)C1)N1CCC(c2nc(-c3ccc(Cl)cc3)no2)CC1. The number of carbonyl (C=O) groups is 2. The molecule has 0 N–H and O–H groups in total. The summed E-state index contributed by atoms with van der Waals surface area (Å²) in [6.07, 6.45) is 1.71. The van der Waals surface area contributed by atoms with Gasteiger partial charge < -0.3 is 14.3 Å². The van der Waals surface area contributed by atoms with Gasteiger partial charge in [-0.25, -0.2) is 0 Å². The van der Waals surface area contributed by atoms with Crippen LogP contribution in [0.25, 0.3) is 11.4 Å². The fraction of sp³-hybridized carbons (Fsp3) is 0.333. The van der Waals surface area contributed by atoms with Crippen molar-refractivity contribution in [2.75, 3.05) is 24.5 Å².